The second-order valence-corrected chi connectivity index (χ2v) is 5.51. The van der Waals surface area contributed by atoms with Gasteiger partial charge in [-0.3, -0.25) is 0 Å². The summed E-state index contributed by atoms with van der Waals surface area (Å²) < 4.78 is 0. The molecule has 19 heavy (non-hydrogen) atoms. The van der Waals surface area contributed by atoms with Crippen molar-refractivity contribution in [1.29, 1.82) is 0 Å². The highest BCUT2D eigenvalue weighted by atomic mass is 15.3. The minimum absolute atomic E-state index is 0.534. The van der Waals surface area contributed by atoms with Gasteiger partial charge in [0.1, 0.15) is 5.82 Å². The minimum Gasteiger partial charge on any atom is -0.352 e. The standard InChI is InChI=1S/C15H26N4/c1-4-14-11-18(3)8-5-9-19(14)15-13(10-16)7-6-12(2)17-15/h6-7,14H,4-5,8-11,16H2,1-3H3. The van der Waals surface area contributed by atoms with E-state index in [-0.39, 0.29) is 0 Å². The second-order valence-electron chi connectivity index (χ2n) is 5.51. The summed E-state index contributed by atoms with van der Waals surface area (Å²) in [6.45, 7) is 8.22. The van der Waals surface area contributed by atoms with E-state index in [0.717, 1.165) is 43.1 Å². The number of rotatable bonds is 3. The monoisotopic (exact) mass is 262 g/mol. The van der Waals surface area contributed by atoms with Crippen molar-refractivity contribution in [1.82, 2.24) is 9.88 Å². The quantitative estimate of drug-likeness (QED) is 0.902. The van der Waals surface area contributed by atoms with Crippen molar-refractivity contribution in [2.24, 2.45) is 5.73 Å². The molecule has 0 aromatic carbocycles. The van der Waals surface area contributed by atoms with Gasteiger partial charge >= 0.3 is 0 Å². The molecule has 4 nitrogen and oxygen atoms in total. The average Bonchev–Trinajstić information content (AvgIpc) is 2.60. The third-order valence-corrected chi connectivity index (χ3v) is 3.96. The zero-order chi connectivity index (χ0) is 13.8. The van der Waals surface area contributed by atoms with Gasteiger partial charge in [-0.25, -0.2) is 4.98 Å². The van der Waals surface area contributed by atoms with Crippen LogP contribution in [0.4, 0.5) is 5.82 Å². The van der Waals surface area contributed by atoms with E-state index in [1.54, 1.807) is 0 Å². The molecule has 2 rings (SSSR count). The molecule has 0 bridgehead atoms. The predicted molar refractivity (Wildman–Crippen MR) is 80.4 cm³/mol. The van der Waals surface area contributed by atoms with Gasteiger partial charge in [-0.2, -0.15) is 0 Å². The summed E-state index contributed by atoms with van der Waals surface area (Å²) in [6, 6.07) is 4.71. The minimum atomic E-state index is 0.534. The maximum atomic E-state index is 5.88. The first kappa shape index (κ1) is 14.3. The lowest BCUT2D eigenvalue weighted by molar-refractivity contribution is 0.327. The normalized spacial score (nSPS) is 21.5. The molecule has 1 aromatic heterocycles. The summed E-state index contributed by atoms with van der Waals surface area (Å²) in [5, 5.41) is 0. The summed E-state index contributed by atoms with van der Waals surface area (Å²) in [5.41, 5.74) is 8.11. The van der Waals surface area contributed by atoms with Crippen LogP contribution in [-0.2, 0) is 6.54 Å². The fourth-order valence-electron chi connectivity index (χ4n) is 2.85. The second kappa shape index (κ2) is 6.35. The third-order valence-electron chi connectivity index (χ3n) is 3.96. The van der Waals surface area contributed by atoms with Gasteiger partial charge in [0, 0.05) is 36.9 Å². The van der Waals surface area contributed by atoms with Crippen molar-refractivity contribution in [3.63, 3.8) is 0 Å². The molecule has 4 heteroatoms. The number of nitrogens with two attached hydrogens (primary N) is 1. The first-order valence-corrected chi connectivity index (χ1v) is 7.27. The van der Waals surface area contributed by atoms with Crippen molar-refractivity contribution in [3.8, 4) is 0 Å². The Balaban J connectivity index is 2.34. The Morgan fingerprint density at radius 2 is 2.16 bits per heavy atom. The number of nitrogens with zero attached hydrogens (tertiary/aromatic N) is 3. The maximum Gasteiger partial charge on any atom is 0.133 e. The fourth-order valence-corrected chi connectivity index (χ4v) is 2.85. The first-order valence-electron chi connectivity index (χ1n) is 7.27. The highest BCUT2D eigenvalue weighted by molar-refractivity contribution is 5.49. The van der Waals surface area contributed by atoms with Gasteiger partial charge in [0.05, 0.1) is 0 Å². The van der Waals surface area contributed by atoms with Crippen LogP contribution in [0, 0.1) is 6.92 Å². The largest absolute Gasteiger partial charge is 0.352 e. The number of aryl methyl sites for hydroxylation is 1. The summed E-state index contributed by atoms with van der Waals surface area (Å²) >= 11 is 0. The van der Waals surface area contributed by atoms with E-state index in [9.17, 15) is 0 Å². The molecule has 0 amide bonds. The van der Waals surface area contributed by atoms with Crippen LogP contribution in [0.15, 0.2) is 12.1 Å². The number of hydrogen-bond donors (Lipinski definition) is 1. The SMILES string of the molecule is CCC1CN(C)CCCN1c1nc(C)ccc1CN. The lowest BCUT2D eigenvalue weighted by atomic mass is 10.1. The molecule has 1 fully saturated rings. The Labute approximate surface area is 116 Å². The zero-order valence-electron chi connectivity index (χ0n) is 12.4. The molecule has 0 saturated carbocycles. The van der Waals surface area contributed by atoms with Crippen LogP contribution < -0.4 is 10.6 Å². The van der Waals surface area contributed by atoms with Crippen molar-refractivity contribution >= 4 is 5.82 Å². The summed E-state index contributed by atoms with van der Waals surface area (Å²) in [4.78, 5) is 9.65. The van der Waals surface area contributed by atoms with E-state index in [1.165, 1.54) is 6.42 Å². The lowest BCUT2D eigenvalue weighted by Gasteiger charge is -2.32. The number of likely N-dealkylation sites (N-methyl/N-ethyl adjacent to an activating group) is 1. The van der Waals surface area contributed by atoms with Gasteiger partial charge in [-0.15, -0.1) is 0 Å². The molecule has 2 heterocycles. The van der Waals surface area contributed by atoms with E-state index in [0.29, 0.717) is 12.6 Å². The third kappa shape index (κ3) is 3.25. The molecule has 0 radical (unpaired) electrons. The van der Waals surface area contributed by atoms with E-state index < -0.39 is 0 Å². The topological polar surface area (TPSA) is 45.4 Å². The molecular formula is C15H26N4. The van der Waals surface area contributed by atoms with Crippen LogP contribution in [-0.4, -0.2) is 42.6 Å². The number of anilines is 1. The van der Waals surface area contributed by atoms with E-state index in [4.69, 9.17) is 10.7 Å². The first-order chi connectivity index (χ1) is 9.15. The number of hydrogen-bond acceptors (Lipinski definition) is 4. The van der Waals surface area contributed by atoms with Crippen LogP contribution in [0.25, 0.3) is 0 Å². The molecule has 1 aliphatic heterocycles. The van der Waals surface area contributed by atoms with Gasteiger partial charge in [0.2, 0.25) is 0 Å². The summed E-state index contributed by atoms with van der Waals surface area (Å²) in [7, 11) is 2.21. The van der Waals surface area contributed by atoms with Crippen molar-refractivity contribution in [3.05, 3.63) is 23.4 Å². The highest BCUT2D eigenvalue weighted by Gasteiger charge is 2.24. The van der Waals surface area contributed by atoms with E-state index in [2.05, 4.69) is 42.8 Å². The van der Waals surface area contributed by atoms with Crippen LogP contribution in [0.5, 0.6) is 0 Å². The molecular weight excluding hydrogens is 236 g/mol. The van der Waals surface area contributed by atoms with Crippen LogP contribution in [0.3, 0.4) is 0 Å². The summed E-state index contributed by atoms with van der Waals surface area (Å²) in [5.74, 6) is 1.10. The molecule has 1 saturated heterocycles. The fraction of sp³-hybridized carbons (Fsp3) is 0.667. The van der Waals surface area contributed by atoms with Gasteiger partial charge in [-0.1, -0.05) is 13.0 Å². The van der Waals surface area contributed by atoms with Gasteiger partial charge < -0.3 is 15.5 Å². The molecule has 0 aliphatic carbocycles. The average molecular weight is 262 g/mol. The molecule has 1 aliphatic rings. The molecule has 106 valence electrons. The Kier molecular flexibility index (Phi) is 4.77. The van der Waals surface area contributed by atoms with Crippen LogP contribution in [0.2, 0.25) is 0 Å². The zero-order valence-corrected chi connectivity index (χ0v) is 12.4. The van der Waals surface area contributed by atoms with Crippen molar-refractivity contribution in [2.75, 3.05) is 31.6 Å². The van der Waals surface area contributed by atoms with E-state index in [1.807, 2.05) is 0 Å². The van der Waals surface area contributed by atoms with Crippen molar-refractivity contribution < 1.29 is 0 Å². The van der Waals surface area contributed by atoms with Crippen molar-refractivity contribution in [2.45, 2.75) is 39.3 Å². The Morgan fingerprint density at radius 1 is 1.37 bits per heavy atom. The van der Waals surface area contributed by atoms with E-state index >= 15 is 0 Å². The predicted octanol–water partition coefficient (Wildman–Crippen LogP) is 1.77. The van der Waals surface area contributed by atoms with Crippen LogP contribution >= 0.6 is 0 Å². The van der Waals surface area contributed by atoms with Gasteiger partial charge in [0.25, 0.3) is 0 Å². The van der Waals surface area contributed by atoms with Gasteiger partial charge in [-0.05, 0) is 39.4 Å². The molecule has 1 atom stereocenters. The lowest BCUT2D eigenvalue weighted by Crippen LogP contribution is -2.41. The highest BCUT2D eigenvalue weighted by Crippen LogP contribution is 2.24. The Morgan fingerprint density at radius 3 is 2.84 bits per heavy atom. The molecule has 1 aromatic rings. The maximum absolute atomic E-state index is 5.88. The number of aromatic nitrogens is 1. The summed E-state index contributed by atoms with van der Waals surface area (Å²) in [6.07, 6.45) is 2.33. The molecule has 1 unspecified atom stereocenters. The van der Waals surface area contributed by atoms with Crippen LogP contribution in [0.1, 0.15) is 31.0 Å². The Hall–Kier alpha value is -1.13. The molecule has 0 spiro atoms. The molecule has 2 N–H and O–H groups in total. The number of pyridine rings is 1. The Bertz CT molecular complexity index is 419. The van der Waals surface area contributed by atoms with Gasteiger partial charge in [0.15, 0.2) is 0 Å². The smallest absolute Gasteiger partial charge is 0.133 e.